The summed E-state index contributed by atoms with van der Waals surface area (Å²) in [4.78, 5) is 13.7. The van der Waals surface area contributed by atoms with E-state index < -0.39 is 31.8 Å². The van der Waals surface area contributed by atoms with Crippen LogP contribution in [0.3, 0.4) is 0 Å². The molecule has 0 spiro atoms. The topological polar surface area (TPSA) is 131 Å². The molecule has 8 nitrogen and oxygen atoms in total. The molecule has 4 N–H and O–H groups in total. The molecule has 0 bridgehead atoms. The highest BCUT2D eigenvalue weighted by atomic mass is 32.2. The molecule has 69 heavy (non-hydrogen) atoms. The molecule has 9 heteroatoms. The van der Waals surface area contributed by atoms with Gasteiger partial charge in [-0.2, -0.15) is 0 Å². The minimum absolute atomic E-state index is 0.0564. The Morgan fingerprint density at radius 1 is 0.580 bits per heavy atom. The van der Waals surface area contributed by atoms with Gasteiger partial charge in [0.15, 0.2) is 0 Å². The summed E-state index contributed by atoms with van der Waals surface area (Å²) in [6.07, 6.45) is 0. The molecule has 0 heterocycles. The molecule has 0 saturated carbocycles. The number of phenolic OH excluding ortho intramolecular Hbond substituents is 1. The fourth-order valence-electron chi connectivity index (χ4n) is 9.45. The SMILES string of the molecule is Cc1cc(C)c(Nc2ccc([C+](c3ccc(Nc4c(C)cc(C)c(C)c4C)c(C(C)C)c3)c3ccc(NC(=O)c4cc(C(C)(C)C)c(O)c(C(C)(C)C)c4)cc3S(=O)(=O)[O-])cc2C(C)C)c(C)c1C. The fourth-order valence-corrected chi connectivity index (χ4v) is 10.2. The number of anilines is 5. The van der Waals surface area contributed by atoms with Gasteiger partial charge < -0.3 is 25.6 Å². The van der Waals surface area contributed by atoms with Crippen molar-refractivity contribution < 1.29 is 22.9 Å². The van der Waals surface area contributed by atoms with Crippen molar-refractivity contribution in [1.82, 2.24) is 0 Å². The number of hydrogen-bond acceptors (Lipinski definition) is 7. The first kappa shape index (κ1) is 52.3. The Bertz CT molecular complexity index is 2940. The number of carbonyl (C=O) groups excluding carboxylic acids is 1. The lowest BCUT2D eigenvalue weighted by Gasteiger charge is -2.28. The lowest BCUT2D eigenvalue weighted by atomic mass is 9.78. The van der Waals surface area contributed by atoms with E-state index in [9.17, 15) is 22.9 Å². The number of carbonyl (C=O) groups is 1. The minimum Gasteiger partial charge on any atom is -0.739 e. The summed E-state index contributed by atoms with van der Waals surface area (Å²) in [7, 11) is -5.14. The van der Waals surface area contributed by atoms with E-state index in [0.29, 0.717) is 22.6 Å². The molecule has 0 aliphatic carbocycles. The number of benzene rings is 6. The Balaban J connectivity index is 1.56. The summed E-state index contributed by atoms with van der Waals surface area (Å²) in [5.41, 5.74) is 17.9. The van der Waals surface area contributed by atoms with E-state index in [2.05, 4.69) is 123 Å². The maximum atomic E-state index is 14.2. The van der Waals surface area contributed by atoms with Crippen molar-refractivity contribution in [3.8, 4) is 5.75 Å². The van der Waals surface area contributed by atoms with Gasteiger partial charge in [0.05, 0.1) is 39.7 Å². The third-order valence-corrected chi connectivity index (χ3v) is 14.8. The van der Waals surface area contributed by atoms with Crippen molar-refractivity contribution in [3.05, 3.63) is 174 Å². The Hall–Kier alpha value is -6.03. The van der Waals surface area contributed by atoms with E-state index in [-0.39, 0.29) is 28.8 Å². The highest BCUT2D eigenvalue weighted by Gasteiger charge is 2.32. The van der Waals surface area contributed by atoms with Gasteiger partial charge in [0.2, 0.25) is 0 Å². The van der Waals surface area contributed by atoms with Gasteiger partial charge in [-0.15, -0.1) is 0 Å². The van der Waals surface area contributed by atoms with Crippen molar-refractivity contribution in [3.63, 3.8) is 0 Å². The van der Waals surface area contributed by atoms with Crippen molar-refractivity contribution in [2.45, 2.75) is 152 Å². The predicted octanol–water partition coefficient (Wildman–Crippen LogP) is 15.4. The summed E-state index contributed by atoms with van der Waals surface area (Å²) in [6, 6.07) is 24.5. The maximum absolute atomic E-state index is 14.2. The zero-order valence-electron chi connectivity index (χ0n) is 44.1. The van der Waals surface area contributed by atoms with Crippen molar-refractivity contribution in [2.24, 2.45) is 0 Å². The summed E-state index contributed by atoms with van der Waals surface area (Å²) < 4.78 is 40.9. The van der Waals surface area contributed by atoms with E-state index in [1.807, 2.05) is 65.8 Å². The second-order valence-corrected chi connectivity index (χ2v) is 23.2. The first-order valence-corrected chi connectivity index (χ1v) is 25.5. The number of phenols is 1. The van der Waals surface area contributed by atoms with Crippen LogP contribution in [0.25, 0.3) is 0 Å². The molecule has 364 valence electrons. The molecular weight excluding hydrogens is 875 g/mol. The first-order valence-electron chi connectivity index (χ1n) is 24.0. The third kappa shape index (κ3) is 10.9. The Morgan fingerprint density at radius 2 is 1.00 bits per heavy atom. The maximum Gasteiger partial charge on any atom is 0.255 e. The van der Waals surface area contributed by atoms with Crippen LogP contribution in [-0.4, -0.2) is 24.0 Å². The number of rotatable bonds is 12. The normalized spacial score (nSPS) is 12.2. The third-order valence-electron chi connectivity index (χ3n) is 13.9. The number of amides is 1. The molecule has 0 aliphatic rings. The molecule has 6 aromatic rings. The molecule has 0 unspecified atom stereocenters. The van der Waals surface area contributed by atoms with E-state index in [1.54, 1.807) is 24.3 Å². The average molecular weight is 948 g/mol. The molecule has 0 aliphatic heterocycles. The molecule has 0 saturated heterocycles. The smallest absolute Gasteiger partial charge is 0.255 e. The molecular formula is C60H73N3O5S. The van der Waals surface area contributed by atoms with E-state index >= 15 is 0 Å². The lowest BCUT2D eigenvalue weighted by molar-refractivity contribution is 0.102. The van der Waals surface area contributed by atoms with Gasteiger partial charge in [0.25, 0.3) is 5.91 Å². The van der Waals surface area contributed by atoms with Crippen LogP contribution in [0.5, 0.6) is 5.75 Å². The standard InChI is InChI=1S/C60H73N3O5S/c1-32(2)47-27-42(19-23-51(47)62-55-36(7)25-34(5)38(9)40(55)11)54(43-20-24-52(48(28-43)33(3)4)63-56-37(8)26-35(6)39(10)41(56)12)46-22-21-45(31-53(46)69(66,67)68)61-58(65)44-29-49(59(13,14)15)57(64)50(30-44)60(16,17)18/h19-33,62-63H,1-18H3,(H2-,61,64,65,66,67,68). The predicted molar refractivity (Wildman–Crippen MR) is 287 cm³/mol. The quantitative estimate of drug-likeness (QED) is 0.0546. The Kier molecular flexibility index (Phi) is 14.7. The van der Waals surface area contributed by atoms with Crippen LogP contribution in [0, 0.1) is 61.3 Å². The van der Waals surface area contributed by atoms with Gasteiger partial charge in [-0.05, 0) is 183 Å². The Labute approximate surface area is 413 Å². The summed E-state index contributed by atoms with van der Waals surface area (Å²) >= 11 is 0. The van der Waals surface area contributed by atoms with Crippen LogP contribution in [0.4, 0.5) is 28.4 Å². The Morgan fingerprint density at radius 3 is 1.38 bits per heavy atom. The van der Waals surface area contributed by atoms with Gasteiger partial charge in [-0.3, -0.25) is 4.79 Å². The highest BCUT2D eigenvalue weighted by molar-refractivity contribution is 7.85. The minimum atomic E-state index is -5.14. The molecule has 6 aromatic carbocycles. The molecule has 0 radical (unpaired) electrons. The molecule has 6 rings (SSSR count). The molecule has 0 fully saturated rings. The van der Waals surface area contributed by atoms with Gasteiger partial charge in [-0.1, -0.05) is 81.4 Å². The van der Waals surface area contributed by atoms with E-state index in [4.69, 9.17) is 0 Å². The first-order chi connectivity index (χ1) is 31.9. The van der Waals surface area contributed by atoms with Crippen molar-refractivity contribution >= 4 is 44.5 Å². The van der Waals surface area contributed by atoms with Crippen molar-refractivity contribution in [1.29, 1.82) is 0 Å². The number of hydrogen-bond donors (Lipinski definition) is 4. The largest absolute Gasteiger partial charge is 0.739 e. The monoisotopic (exact) mass is 948 g/mol. The number of aromatic hydroxyl groups is 1. The van der Waals surface area contributed by atoms with Crippen LogP contribution in [0.15, 0.2) is 83.8 Å². The second-order valence-electron chi connectivity index (χ2n) is 21.8. The zero-order valence-corrected chi connectivity index (χ0v) is 45.0. The van der Waals surface area contributed by atoms with Crippen LogP contribution in [0.2, 0.25) is 0 Å². The molecule has 0 aromatic heterocycles. The average Bonchev–Trinajstić information content (AvgIpc) is 3.24. The fraction of sp³-hybridized carbons (Fsp3) is 0.367. The van der Waals surface area contributed by atoms with Crippen molar-refractivity contribution in [2.75, 3.05) is 16.0 Å². The number of nitrogens with one attached hydrogen (secondary N) is 3. The van der Waals surface area contributed by atoms with Crippen LogP contribution < -0.4 is 16.0 Å². The van der Waals surface area contributed by atoms with Gasteiger partial charge in [-0.25, -0.2) is 8.42 Å². The van der Waals surface area contributed by atoms with Crippen LogP contribution in [-0.2, 0) is 20.9 Å². The highest BCUT2D eigenvalue weighted by Crippen LogP contribution is 2.44. The van der Waals surface area contributed by atoms with Crippen LogP contribution >= 0.6 is 0 Å². The van der Waals surface area contributed by atoms with Gasteiger partial charge in [0.1, 0.15) is 20.8 Å². The molecule has 1 amide bonds. The number of aryl methyl sites for hydroxylation is 4. The summed E-state index contributed by atoms with van der Waals surface area (Å²) in [6.45, 7) is 37.3. The van der Waals surface area contributed by atoms with Crippen LogP contribution in [0.1, 0.15) is 175 Å². The van der Waals surface area contributed by atoms with E-state index in [1.165, 1.54) is 39.4 Å². The zero-order chi connectivity index (χ0) is 51.4. The van der Waals surface area contributed by atoms with Gasteiger partial charge in [0, 0.05) is 45.3 Å². The molecule has 0 atom stereocenters. The van der Waals surface area contributed by atoms with E-state index in [0.717, 1.165) is 56.1 Å². The van der Waals surface area contributed by atoms with Gasteiger partial charge >= 0.3 is 0 Å². The summed E-state index contributed by atoms with van der Waals surface area (Å²) in [5, 5.41) is 21.8. The second kappa shape index (κ2) is 19.4. The summed E-state index contributed by atoms with van der Waals surface area (Å²) in [5.74, 6) is 0.305. The lowest BCUT2D eigenvalue weighted by Crippen LogP contribution is -2.21.